The van der Waals surface area contributed by atoms with Gasteiger partial charge < -0.3 is 10.1 Å². The maximum absolute atomic E-state index is 13.3. The van der Waals surface area contributed by atoms with Gasteiger partial charge in [-0.1, -0.05) is 30.3 Å². The molecule has 0 aliphatic rings. The van der Waals surface area contributed by atoms with Gasteiger partial charge in [-0.25, -0.2) is 12.8 Å². The zero-order chi connectivity index (χ0) is 21.6. The van der Waals surface area contributed by atoms with Gasteiger partial charge in [0.15, 0.2) is 0 Å². The molecule has 0 atom stereocenters. The largest absolute Gasteiger partial charge is 0.497 e. The smallest absolute Gasteiger partial charge is 0.264 e. The Bertz CT molecular complexity index is 1100. The molecular formula is C22H21FN2O4S. The molecule has 3 rings (SSSR count). The van der Waals surface area contributed by atoms with Crippen molar-refractivity contribution in [1.82, 2.24) is 5.32 Å². The summed E-state index contributed by atoms with van der Waals surface area (Å²) in [5, 5.41) is 2.71. The first-order chi connectivity index (χ1) is 14.4. The number of benzene rings is 3. The fraction of sp³-hybridized carbons (Fsp3) is 0.136. The van der Waals surface area contributed by atoms with E-state index >= 15 is 0 Å². The Labute approximate surface area is 175 Å². The number of methoxy groups -OCH3 is 1. The third-order valence-electron chi connectivity index (χ3n) is 4.36. The molecular weight excluding hydrogens is 407 g/mol. The predicted octanol–water partition coefficient (Wildman–Crippen LogP) is 3.35. The van der Waals surface area contributed by atoms with Crippen molar-refractivity contribution in [3.63, 3.8) is 0 Å². The molecule has 0 aliphatic carbocycles. The monoisotopic (exact) mass is 428 g/mol. The number of hydrogen-bond acceptors (Lipinski definition) is 4. The summed E-state index contributed by atoms with van der Waals surface area (Å²) in [7, 11) is -2.48. The van der Waals surface area contributed by atoms with Crippen molar-refractivity contribution in [1.29, 1.82) is 0 Å². The van der Waals surface area contributed by atoms with Gasteiger partial charge in [0.1, 0.15) is 18.1 Å². The van der Waals surface area contributed by atoms with Crippen LogP contribution in [0.4, 0.5) is 10.1 Å². The van der Waals surface area contributed by atoms with E-state index in [9.17, 15) is 17.6 Å². The van der Waals surface area contributed by atoms with E-state index in [1.54, 1.807) is 43.5 Å². The number of ether oxygens (including phenoxy) is 1. The van der Waals surface area contributed by atoms with Crippen LogP contribution < -0.4 is 14.4 Å². The lowest BCUT2D eigenvalue weighted by Crippen LogP contribution is -2.40. The summed E-state index contributed by atoms with van der Waals surface area (Å²) in [6.07, 6.45) is 0. The van der Waals surface area contributed by atoms with Crippen LogP contribution in [0.2, 0.25) is 0 Å². The van der Waals surface area contributed by atoms with E-state index < -0.39 is 28.3 Å². The summed E-state index contributed by atoms with van der Waals surface area (Å²) in [5.41, 5.74) is 0.999. The predicted molar refractivity (Wildman–Crippen MR) is 112 cm³/mol. The fourth-order valence-corrected chi connectivity index (χ4v) is 4.25. The third kappa shape index (κ3) is 5.15. The van der Waals surface area contributed by atoms with Gasteiger partial charge in [-0.3, -0.25) is 9.10 Å². The van der Waals surface area contributed by atoms with E-state index in [2.05, 4.69) is 5.32 Å². The van der Waals surface area contributed by atoms with E-state index in [0.29, 0.717) is 5.75 Å². The van der Waals surface area contributed by atoms with Gasteiger partial charge in [0.05, 0.1) is 17.7 Å². The van der Waals surface area contributed by atoms with Crippen molar-refractivity contribution in [3.8, 4) is 5.75 Å². The number of carbonyl (C=O) groups excluding carboxylic acids is 1. The molecule has 3 aromatic carbocycles. The van der Waals surface area contributed by atoms with Crippen LogP contribution in [0.3, 0.4) is 0 Å². The van der Waals surface area contributed by atoms with Crippen molar-refractivity contribution in [2.45, 2.75) is 11.4 Å². The van der Waals surface area contributed by atoms with Crippen molar-refractivity contribution in [2.75, 3.05) is 18.0 Å². The third-order valence-corrected chi connectivity index (χ3v) is 6.14. The topological polar surface area (TPSA) is 75.7 Å². The highest BCUT2D eigenvalue weighted by atomic mass is 32.2. The first-order valence-electron chi connectivity index (χ1n) is 9.13. The van der Waals surface area contributed by atoms with E-state index in [1.165, 1.54) is 24.3 Å². The number of anilines is 1. The number of hydrogen-bond donors (Lipinski definition) is 1. The molecule has 8 heteroatoms. The van der Waals surface area contributed by atoms with Crippen molar-refractivity contribution >= 4 is 21.6 Å². The Morgan fingerprint density at radius 1 is 1.00 bits per heavy atom. The van der Waals surface area contributed by atoms with E-state index in [4.69, 9.17) is 4.74 Å². The van der Waals surface area contributed by atoms with E-state index in [0.717, 1.165) is 22.0 Å². The number of carbonyl (C=O) groups is 1. The number of sulfonamides is 1. The number of nitrogens with one attached hydrogen (secondary N) is 1. The Morgan fingerprint density at radius 3 is 2.37 bits per heavy atom. The molecule has 1 N–H and O–H groups in total. The second-order valence-electron chi connectivity index (χ2n) is 6.43. The molecule has 0 heterocycles. The van der Waals surface area contributed by atoms with Crippen LogP contribution >= 0.6 is 0 Å². The lowest BCUT2D eigenvalue weighted by atomic mass is 10.2. The summed E-state index contributed by atoms with van der Waals surface area (Å²) in [5.74, 6) is -0.346. The van der Waals surface area contributed by atoms with Crippen LogP contribution in [0, 0.1) is 5.82 Å². The average Bonchev–Trinajstić information content (AvgIpc) is 2.77. The van der Waals surface area contributed by atoms with Crippen LogP contribution in [0.5, 0.6) is 5.75 Å². The SMILES string of the molecule is COc1cccc(CNC(=O)CN(c2ccc(F)cc2)S(=O)(=O)c2ccccc2)c1. The molecule has 3 aromatic rings. The first kappa shape index (κ1) is 21.3. The normalized spacial score (nSPS) is 11.0. The lowest BCUT2D eigenvalue weighted by Gasteiger charge is -2.24. The summed E-state index contributed by atoms with van der Waals surface area (Å²) in [6, 6.07) is 19.9. The second-order valence-corrected chi connectivity index (χ2v) is 8.29. The highest BCUT2D eigenvalue weighted by Crippen LogP contribution is 2.23. The molecule has 0 radical (unpaired) electrons. The second kappa shape index (κ2) is 9.41. The standard InChI is InChI=1S/C22H21FN2O4S/c1-29-20-7-5-6-17(14-20)15-24-22(26)16-25(19-12-10-18(23)11-13-19)30(27,28)21-8-3-2-4-9-21/h2-14H,15-16H2,1H3,(H,24,26). The van der Waals surface area contributed by atoms with Crippen molar-refractivity contribution in [2.24, 2.45) is 0 Å². The molecule has 30 heavy (non-hydrogen) atoms. The molecule has 0 fully saturated rings. The summed E-state index contributed by atoms with van der Waals surface area (Å²) in [6.45, 7) is -0.245. The molecule has 156 valence electrons. The van der Waals surface area contributed by atoms with Gasteiger partial charge in [0, 0.05) is 6.54 Å². The summed E-state index contributed by atoms with van der Waals surface area (Å²) < 4.78 is 45.8. The molecule has 0 aromatic heterocycles. The van der Waals surface area contributed by atoms with Gasteiger partial charge in [-0.2, -0.15) is 0 Å². The molecule has 0 saturated heterocycles. The maximum Gasteiger partial charge on any atom is 0.264 e. The molecule has 6 nitrogen and oxygen atoms in total. The Morgan fingerprint density at radius 2 is 1.70 bits per heavy atom. The minimum atomic E-state index is -4.03. The Hall–Kier alpha value is -3.39. The molecule has 0 spiro atoms. The van der Waals surface area contributed by atoms with Crippen LogP contribution in [0.15, 0.2) is 83.8 Å². The first-order valence-corrected chi connectivity index (χ1v) is 10.6. The Kier molecular flexibility index (Phi) is 6.68. The molecule has 0 saturated carbocycles. The quantitative estimate of drug-likeness (QED) is 0.597. The minimum Gasteiger partial charge on any atom is -0.497 e. The highest BCUT2D eigenvalue weighted by Gasteiger charge is 2.27. The van der Waals surface area contributed by atoms with Gasteiger partial charge in [-0.05, 0) is 54.1 Å². The average molecular weight is 428 g/mol. The van der Waals surface area contributed by atoms with E-state index in [-0.39, 0.29) is 17.1 Å². The van der Waals surface area contributed by atoms with E-state index in [1.807, 2.05) is 6.07 Å². The van der Waals surface area contributed by atoms with Crippen LogP contribution in [-0.2, 0) is 21.4 Å². The molecule has 0 bridgehead atoms. The minimum absolute atomic E-state index is 0.0370. The van der Waals surface area contributed by atoms with Crippen molar-refractivity contribution in [3.05, 3.63) is 90.2 Å². The number of amides is 1. The van der Waals surface area contributed by atoms with Gasteiger partial charge in [0.25, 0.3) is 10.0 Å². The molecule has 0 aliphatic heterocycles. The Balaban J connectivity index is 1.81. The molecule has 1 amide bonds. The van der Waals surface area contributed by atoms with Crippen LogP contribution in [0.25, 0.3) is 0 Å². The maximum atomic E-state index is 13.3. The summed E-state index contributed by atoms with van der Waals surface area (Å²) in [4.78, 5) is 12.6. The van der Waals surface area contributed by atoms with Crippen LogP contribution in [-0.4, -0.2) is 28.0 Å². The lowest BCUT2D eigenvalue weighted by molar-refractivity contribution is -0.119. The summed E-state index contributed by atoms with van der Waals surface area (Å²) >= 11 is 0. The zero-order valence-corrected chi connectivity index (χ0v) is 17.1. The van der Waals surface area contributed by atoms with Gasteiger partial charge in [-0.15, -0.1) is 0 Å². The number of nitrogens with zero attached hydrogens (tertiary/aromatic N) is 1. The van der Waals surface area contributed by atoms with Gasteiger partial charge >= 0.3 is 0 Å². The number of rotatable bonds is 8. The zero-order valence-electron chi connectivity index (χ0n) is 16.3. The van der Waals surface area contributed by atoms with Crippen molar-refractivity contribution < 1.29 is 22.3 Å². The highest BCUT2D eigenvalue weighted by molar-refractivity contribution is 7.92. The number of halogens is 1. The molecule has 0 unspecified atom stereocenters. The van der Waals surface area contributed by atoms with Gasteiger partial charge in [0.2, 0.25) is 5.91 Å². The fourth-order valence-electron chi connectivity index (χ4n) is 2.81. The van der Waals surface area contributed by atoms with Crippen LogP contribution in [0.1, 0.15) is 5.56 Å².